The zero-order valence-corrected chi connectivity index (χ0v) is 10.8. The van der Waals surface area contributed by atoms with Crippen LogP contribution in [0.3, 0.4) is 0 Å². The lowest BCUT2D eigenvalue weighted by Crippen LogP contribution is -2.13. The molecule has 98 valence electrons. The van der Waals surface area contributed by atoms with Gasteiger partial charge in [-0.1, -0.05) is 11.6 Å². The van der Waals surface area contributed by atoms with Gasteiger partial charge in [0.2, 0.25) is 0 Å². The number of aromatic nitrogens is 1. The molecule has 0 aliphatic heterocycles. The third-order valence-electron chi connectivity index (χ3n) is 2.50. The third kappa shape index (κ3) is 2.95. The average Bonchev–Trinajstić information content (AvgIpc) is 2.88. The van der Waals surface area contributed by atoms with Crippen LogP contribution in [0.4, 0.5) is 5.69 Å². The standard InChI is InChI=1S/C13H11ClN2O3/c1-19-12-3-2-9(14)5-10(12)16-13(18)11-4-8(7-17)6-15-11/h2-7,15H,1H3,(H,16,18). The first-order chi connectivity index (χ1) is 9.13. The van der Waals surface area contributed by atoms with Gasteiger partial charge in [0, 0.05) is 16.8 Å². The monoisotopic (exact) mass is 278 g/mol. The molecule has 1 aromatic heterocycles. The number of ether oxygens (including phenoxy) is 1. The highest BCUT2D eigenvalue weighted by atomic mass is 35.5. The van der Waals surface area contributed by atoms with Crippen molar-refractivity contribution in [1.29, 1.82) is 0 Å². The summed E-state index contributed by atoms with van der Waals surface area (Å²) in [6.07, 6.45) is 2.12. The quantitative estimate of drug-likeness (QED) is 0.845. The summed E-state index contributed by atoms with van der Waals surface area (Å²) in [5.74, 6) is 0.119. The number of anilines is 1. The second-order valence-corrected chi connectivity index (χ2v) is 4.20. The number of rotatable bonds is 4. The summed E-state index contributed by atoms with van der Waals surface area (Å²) in [7, 11) is 1.50. The van der Waals surface area contributed by atoms with Crippen LogP contribution >= 0.6 is 11.6 Å². The molecule has 0 bridgehead atoms. The van der Waals surface area contributed by atoms with Crippen molar-refractivity contribution in [3.63, 3.8) is 0 Å². The number of carbonyl (C=O) groups is 2. The summed E-state index contributed by atoms with van der Waals surface area (Å²) < 4.78 is 5.12. The number of H-pyrrole nitrogens is 1. The molecule has 2 rings (SSSR count). The van der Waals surface area contributed by atoms with Gasteiger partial charge in [0.1, 0.15) is 11.4 Å². The highest BCUT2D eigenvalue weighted by Gasteiger charge is 2.12. The van der Waals surface area contributed by atoms with Crippen molar-refractivity contribution in [2.75, 3.05) is 12.4 Å². The summed E-state index contributed by atoms with van der Waals surface area (Å²) in [5.41, 5.74) is 1.15. The molecule has 0 aliphatic rings. The van der Waals surface area contributed by atoms with Gasteiger partial charge in [-0.15, -0.1) is 0 Å². The number of nitrogens with one attached hydrogen (secondary N) is 2. The van der Waals surface area contributed by atoms with E-state index in [0.717, 1.165) is 0 Å². The number of halogens is 1. The van der Waals surface area contributed by atoms with Crippen LogP contribution in [0.5, 0.6) is 5.75 Å². The van der Waals surface area contributed by atoms with Gasteiger partial charge in [-0.05, 0) is 24.3 Å². The zero-order valence-electron chi connectivity index (χ0n) is 10.1. The minimum absolute atomic E-state index is 0.282. The van der Waals surface area contributed by atoms with E-state index in [-0.39, 0.29) is 11.6 Å². The first-order valence-electron chi connectivity index (χ1n) is 5.42. The Bertz CT molecular complexity index is 622. The topological polar surface area (TPSA) is 71.2 Å². The van der Waals surface area contributed by atoms with Crippen LogP contribution in [-0.4, -0.2) is 24.3 Å². The van der Waals surface area contributed by atoms with E-state index in [2.05, 4.69) is 10.3 Å². The van der Waals surface area contributed by atoms with Crippen LogP contribution < -0.4 is 10.1 Å². The summed E-state index contributed by atoms with van der Waals surface area (Å²) in [5, 5.41) is 3.14. The van der Waals surface area contributed by atoms with Crippen molar-refractivity contribution in [2.24, 2.45) is 0 Å². The molecular formula is C13H11ClN2O3. The van der Waals surface area contributed by atoms with E-state index in [1.54, 1.807) is 18.2 Å². The summed E-state index contributed by atoms with van der Waals surface area (Å²) in [6.45, 7) is 0. The van der Waals surface area contributed by atoms with Gasteiger partial charge in [0.25, 0.3) is 5.91 Å². The highest BCUT2D eigenvalue weighted by Crippen LogP contribution is 2.27. The Morgan fingerprint density at radius 3 is 2.84 bits per heavy atom. The fourth-order valence-electron chi connectivity index (χ4n) is 1.58. The van der Waals surface area contributed by atoms with E-state index in [1.165, 1.54) is 19.4 Å². The Hall–Kier alpha value is -2.27. The van der Waals surface area contributed by atoms with Gasteiger partial charge >= 0.3 is 0 Å². The highest BCUT2D eigenvalue weighted by molar-refractivity contribution is 6.31. The number of aldehydes is 1. The number of benzene rings is 1. The van der Waals surface area contributed by atoms with Crippen LogP contribution in [0.15, 0.2) is 30.5 Å². The van der Waals surface area contributed by atoms with E-state index < -0.39 is 0 Å². The molecule has 1 amide bonds. The molecular weight excluding hydrogens is 268 g/mol. The first kappa shape index (κ1) is 13.2. The summed E-state index contributed by atoms with van der Waals surface area (Å²) in [6, 6.07) is 6.36. The lowest BCUT2D eigenvalue weighted by Gasteiger charge is -2.09. The van der Waals surface area contributed by atoms with Crippen LogP contribution in [0.2, 0.25) is 5.02 Å². The van der Waals surface area contributed by atoms with Gasteiger partial charge in [-0.25, -0.2) is 0 Å². The molecule has 1 aromatic carbocycles. The Morgan fingerprint density at radius 2 is 2.21 bits per heavy atom. The Labute approximate surface area is 114 Å². The number of aromatic amines is 1. The minimum Gasteiger partial charge on any atom is -0.495 e. The number of carbonyl (C=O) groups excluding carboxylic acids is 2. The van der Waals surface area contributed by atoms with Crippen molar-refractivity contribution in [3.05, 3.63) is 46.7 Å². The lowest BCUT2D eigenvalue weighted by atomic mass is 10.2. The molecule has 0 atom stereocenters. The van der Waals surface area contributed by atoms with E-state index in [4.69, 9.17) is 16.3 Å². The van der Waals surface area contributed by atoms with E-state index in [9.17, 15) is 9.59 Å². The molecule has 0 aliphatic carbocycles. The number of hydrogen-bond acceptors (Lipinski definition) is 3. The van der Waals surface area contributed by atoms with Crippen LogP contribution in [-0.2, 0) is 0 Å². The van der Waals surface area contributed by atoms with Crippen molar-refractivity contribution in [2.45, 2.75) is 0 Å². The molecule has 0 saturated heterocycles. The maximum absolute atomic E-state index is 12.0. The van der Waals surface area contributed by atoms with E-state index in [0.29, 0.717) is 28.3 Å². The third-order valence-corrected chi connectivity index (χ3v) is 2.73. The largest absolute Gasteiger partial charge is 0.495 e. The van der Waals surface area contributed by atoms with Gasteiger partial charge in [0.15, 0.2) is 6.29 Å². The molecule has 19 heavy (non-hydrogen) atoms. The van der Waals surface area contributed by atoms with E-state index >= 15 is 0 Å². The van der Waals surface area contributed by atoms with Gasteiger partial charge in [-0.2, -0.15) is 0 Å². The lowest BCUT2D eigenvalue weighted by molar-refractivity contribution is 0.102. The van der Waals surface area contributed by atoms with Gasteiger partial charge < -0.3 is 15.0 Å². The molecule has 5 nitrogen and oxygen atoms in total. The van der Waals surface area contributed by atoms with Crippen molar-refractivity contribution in [3.8, 4) is 5.75 Å². The smallest absolute Gasteiger partial charge is 0.272 e. The predicted molar refractivity (Wildman–Crippen MR) is 72.1 cm³/mol. The van der Waals surface area contributed by atoms with Crippen molar-refractivity contribution < 1.29 is 14.3 Å². The van der Waals surface area contributed by atoms with Crippen molar-refractivity contribution in [1.82, 2.24) is 4.98 Å². The number of methoxy groups -OCH3 is 1. The van der Waals surface area contributed by atoms with Crippen molar-refractivity contribution >= 4 is 29.5 Å². The maximum atomic E-state index is 12.0. The van der Waals surface area contributed by atoms with Crippen LogP contribution in [0.25, 0.3) is 0 Å². The molecule has 0 saturated carbocycles. The molecule has 0 radical (unpaired) electrons. The Balaban J connectivity index is 2.23. The second kappa shape index (κ2) is 5.58. The normalized spacial score (nSPS) is 10.0. The average molecular weight is 279 g/mol. The summed E-state index contributed by atoms with van der Waals surface area (Å²) >= 11 is 5.87. The van der Waals surface area contributed by atoms with E-state index in [1.807, 2.05) is 0 Å². The Morgan fingerprint density at radius 1 is 1.42 bits per heavy atom. The Kier molecular flexibility index (Phi) is 3.87. The molecule has 1 heterocycles. The van der Waals surface area contributed by atoms with Crippen LogP contribution in [0.1, 0.15) is 20.8 Å². The molecule has 2 N–H and O–H groups in total. The SMILES string of the molecule is COc1ccc(Cl)cc1NC(=O)c1cc(C=O)c[nH]1. The molecule has 0 unspecified atom stereocenters. The molecule has 0 spiro atoms. The molecule has 6 heteroatoms. The van der Waals surface area contributed by atoms with Crippen LogP contribution in [0, 0.1) is 0 Å². The molecule has 2 aromatic rings. The second-order valence-electron chi connectivity index (χ2n) is 3.76. The summed E-state index contributed by atoms with van der Waals surface area (Å²) in [4.78, 5) is 25.2. The maximum Gasteiger partial charge on any atom is 0.272 e. The number of amides is 1. The predicted octanol–water partition coefficient (Wildman–Crippen LogP) is 2.74. The minimum atomic E-state index is -0.381. The van der Waals surface area contributed by atoms with Gasteiger partial charge in [0.05, 0.1) is 12.8 Å². The van der Waals surface area contributed by atoms with Gasteiger partial charge in [-0.3, -0.25) is 9.59 Å². The fraction of sp³-hybridized carbons (Fsp3) is 0.0769. The zero-order chi connectivity index (χ0) is 13.8. The number of hydrogen-bond donors (Lipinski definition) is 2. The first-order valence-corrected chi connectivity index (χ1v) is 5.80. The fourth-order valence-corrected chi connectivity index (χ4v) is 1.75. The molecule has 0 fully saturated rings.